The summed E-state index contributed by atoms with van der Waals surface area (Å²) in [7, 11) is 0. The van der Waals surface area contributed by atoms with Crippen molar-refractivity contribution in [3.05, 3.63) is 54.1 Å². The maximum Gasteiger partial charge on any atom is 0.253 e. The number of benzene rings is 2. The van der Waals surface area contributed by atoms with Gasteiger partial charge in [-0.05, 0) is 43.0 Å². The number of carbonyl (C=O) groups is 2. The second-order valence-corrected chi connectivity index (χ2v) is 8.13. The molecule has 160 valence electrons. The van der Waals surface area contributed by atoms with Gasteiger partial charge in [0.25, 0.3) is 5.91 Å². The van der Waals surface area contributed by atoms with E-state index in [0.29, 0.717) is 12.5 Å². The van der Waals surface area contributed by atoms with Crippen LogP contribution in [0.15, 0.2) is 48.5 Å². The van der Waals surface area contributed by atoms with Crippen LogP contribution in [0.3, 0.4) is 0 Å². The summed E-state index contributed by atoms with van der Waals surface area (Å²) in [6.07, 6.45) is 2.84. The van der Waals surface area contributed by atoms with E-state index >= 15 is 0 Å². The van der Waals surface area contributed by atoms with Crippen molar-refractivity contribution >= 4 is 34.5 Å². The van der Waals surface area contributed by atoms with Crippen molar-refractivity contribution in [1.29, 1.82) is 0 Å². The molecule has 1 aromatic heterocycles. The largest absolute Gasteiger partial charge is 0.376 e. The molecule has 2 amide bonds. The van der Waals surface area contributed by atoms with Gasteiger partial charge in [0.2, 0.25) is 11.9 Å². The molecule has 1 N–H and O–H groups in total. The van der Waals surface area contributed by atoms with E-state index < -0.39 is 6.04 Å². The normalized spacial score (nSPS) is 20.4. The second-order valence-electron chi connectivity index (χ2n) is 8.13. The number of para-hydroxylation sites is 3. The summed E-state index contributed by atoms with van der Waals surface area (Å²) in [6, 6.07) is 14.9. The Morgan fingerprint density at radius 2 is 2.00 bits per heavy atom. The zero-order valence-electron chi connectivity index (χ0n) is 17.6. The van der Waals surface area contributed by atoms with E-state index in [4.69, 9.17) is 9.72 Å². The van der Waals surface area contributed by atoms with Crippen LogP contribution in [0.2, 0.25) is 0 Å². The molecule has 0 unspecified atom stereocenters. The fourth-order valence-electron chi connectivity index (χ4n) is 4.59. The molecule has 2 aromatic carbocycles. The molecule has 0 saturated carbocycles. The fraction of sp³-hybridized carbons (Fsp3) is 0.375. The molecule has 7 nitrogen and oxygen atoms in total. The monoisotopic (exact) mass is 418 g/mol. The summed E-state index contributed by atoms with van der Waals surface area (Å²) < 4.78 is 7.68. The predicted octanol–water partition coefficient (Wildman–Crippen LogP) is 3.69. The lowest BCUT2D eigenvalue weighted by atomic mass is 10.1. The number of rotatable bonds is 6. The van der Waals surface area contributed by atoms with Gasteiger partial charge in [-0.3, -0.25) is 19.1 Å². The van der Waals surface area contributed by atoms with Crippen LogP contribution in [0, 0.1) is 0 Å². The predicted molar refractivity (Wildman–Crippen MR) is 119 cm³/mol. The molecule has 3 aromatic rings. The molecular formula is C24H26N4O3. The minimum absolute atomic E-state index is 0.0150. The van der Waals surface area contributed by atoms with Crippen molar-refractivity contribution in [2.24, 2.45) is 0 Å². The van der Waals surface area contributed by atoms with Crippen LogP contribution in [-0.2, 0) is 20.7 Å². The number of hydrogen-bond acceptors (Lipinski definition) is 4. The Morgan fingerprint density at radius 3 is 2.81 bits per heavy atom. The molecule has 1 fully saturated rings. The van der Waals surface area contributed by atoms with Gasteiger partial charge >= 0.3 is 0 Å². The summed E-state index contributed by atoms with van der Waals surface area (Å²) in [5.41, 5.74) is 3.56. The third kappa shape index (κ3) is 3.59. The Kier molecular flexibility index (Phi) is 5.19. The molecule has 2 aliphatic heterocycles. The van der Waals surface area contributed by atoms with Gasteiger partial charge in [0, 0.05) is 12.3 Å². The van der Waals surface area contributed by atoms with Gasteiger partial charge in [0.1, 0.15) is 6.04 Å². The number of amides is 2. The first-order chi connectivity index (χ1) is 15.2. The standard InChI is InChI=1S/C24H26N4O3/c1-2-16-8-3-4-10-18(16)25-22(29)14-21-23(30)27(15-17-9-7-13-31-17)24-26-19-11-5-6-12-20(19)28(21)24/h3-6,8,10-12,17,21H,2,7,9,13-15H2,1H3,(H,25,29)/t17-,21-/m1/s1. The minimum Gasteiger partial charge on any atom is -0.376 e. The minimum atomic E-state index is -0.613. The van der Waals surface area contributed by atoms with E-state index in [1.807, 2.05) is 53.1 Å². The summed E-state index contributed by atoms with van der Waals surface area (Å²) >= 11 is 0. The number of carbonyl (C=O) groups excluding carboxylic acids is 2. The number of ether oxygens (including phenoxy) is 1. The number of anilines is 2. The van der Waals surface area contributed by atoms with Crippen molar-refractivity contribution in [1.82, 2.24) is 9.55 Å². The molecule has 2 aliphatic rings. The van der Waals surface area contributed by atoms with Gasteiger partial charge in [-0.1, -0.05) is 37.3 Å². The smallest absolute Gasteiger partial charge is 0.253 e. The average molecular weight is 418 g/mol. The van der Waals surface area contributed by atoms with Crippen LogP contribution in [-0.4, -0.2) is 40.6 Å². The van der Waals surface area contributed by atoms with Crippen LogP contribution in [0.4, 0.5) is 11.6 Å². The molecule has 0 spiro atoms. The molecule has 3 heterocycles. The Balaban J connectivity index is 1.44. The van der Waals surface area contributed by atoms with E-state index in [1.54, 1.807) is 4.90 Å². The van der Waals surface area contributed by atoms with E-state index in [1.165, 1.54) is 0 Å². The zero-order chi connectivity index (χ0) is 21.4. The topological polar surface area (TPSA) is 76.5 Å². The van der Waals surface area contributed by atoms with Crippen LogP contribution >= 0.6 is 0 Å². The average Bonchev–Trinajstić information content (AvgIpc) is 3.48. The van der Waals surface area contributed by atoms with Crippen molar-refractivity contribution in [2.45, 2.75) is 44.8 Å². The van der Waals surface area contributed by atoms with Crippen molar-refractivity contribution in [3.63, 3.8) is 0 Å². The van der Waals surface area contributed by atoms with E-state index in [9.17, 15) is 9.59 Å². The van der Waals surface area contributed by atoms with Gasteiger partial charge in [-0.15, -0.1) is 0 Å². The Hall–Kier alpha value is -3.19. The van der Waals surface area contributed by atoms with Crippen LogP contribution in [0.1, 0.15) is 37.8 Å². The SMILES string of the molecule is CCc1ccccc1NC(=O)C[C@@H]1C(=O)N(C[C@H]2CCCO2)c2nc3ccccc3n21. The summed E-state index contributed by atoms with van der Waals surface area (Å²) in [6.45, 7) is 3.25. The third-order valence-electron chi connectivity index (χ3n) is 6.14. The Bertz CT molecular complexity index is 1130. The zero-order valence-corrected chi connectivity index (χ0v) is 17.6. The number of aryl methyl sites for hydroxylation is 1. The second kappa shape index (κ2) is 8.15. The van der Waals surface area contributed by atoms with Crippen molar-refractivity contribution in [2.75, 3.05) is 23.4 Å². The summed E-state index contributed by atoms with van der Waals surface area (Å²) in [5, 5.41) is 3.00. The third-order valence-corrected chi connectivity index (χ3v) is 6.14. The van der Waals surface area contributed by atoms with Crippen LogP contribution < -0.4 is 10.2 Å². The highest BCUT2D eigenvalue weighted by molar-refractivity contribution is 6.05. The molecule has 5 rings (SSSR count). The molecule has 0 aliphatic carbocycles. The number of fused-ring (bicyclic) bond motifs is 3. The maximum absolute atomic E-state index is 13.4. The first kappa shape index (κ1) is 19.8. The number of imidazole rings is 1. The Morgan fingerprint density at radius 1 is 1.19 bits per heavy atom. The molecule has 7 heteroatoms. The first-order valence-corrected chi connectivity index (χ1v) is 10.9. The molecular weight excluding hydrogens is 392 g/mol. The highest BCUT2D eigenvalue weighted by Crippen LogP contribution is 2.37. The van der Waals surface area contributed by atoms with Gasteiger partial charge in [0.15, 0.2) is 0 Å². The first-order valence-electron chi connectivity index (χ1n) is 10.9. The van der Waals surface area contributed by atoms with Gasteiger partial charge in [-0.2, -0.15) is 0 Å². The van der Waals surface area contributed by atoms with Gasteiger partial charge in [0.05, 0.1) is 30.1 Å². The van der Waals surface area contributed by atoms with Crippen molar-refractivity contribution < 1.29 is 14.3 Å². The van der Waals surface area contributed by atoms with Gasteiger partial charge in [-0.25, -0.2) is 4.98 Å². The maximum atomic E-state index is 13.4. The van der Waals surface area contributed by atoms with Crippen LogP contribution in [0.25, 0.3) is 11.0 Å². The fourth-order valence-corrected chi connectivity index (χ4v) is 4.59. The molecule has 2 atom stereocenters. The van der Waals surface area contributed by atoms with Crippen molar-refractivity contribution in [3.8, 4) is 0 Å². The number of nitrogens with one attached hydrogen (secondary N) is 1. The highest BCUT2D eigenvalue weighted by atomic mass is 16.5. The van der Waals surface area contributed by atoms with Crippen LogP contribution in [0.5, 0.6) is 0 Å². The lowest BCUT2D eigenvalue weighted by Gasteiger charge is -2.19. The number of hydrogen-bond donors (Lipinski definition) is 1. The Labute approximate surface area is 181 Å². The summed E-state index contributed by atoms with van der Waals surface area (Å²) in [4.78, 5) is 32.8. The highest BCUT2D eigenvalue weighted by Gasteiger charge is 2.42. The van der Waals surface area contributed by atoms with E-state index in [0.717, 1.165) is 48.2 Å². The molecule has 1 saturated heterocycles. The van der Waals surface area contributed by atoms with Gasteiger partial charge < -0.3 is 10.1 Å². The molecule has 31 heavy (non-hydrogen) atoms. The summed E-state index contributed by atoms with van der Waals surface area (Å²) in [5.74, 6) is 0.332. The quantitative estimate of drug-likeness (QED) is 0.662. The van der Waals surface area contributed by atoms with E-state index in [2.05, 4.69) is 12.2 Å². The van der Waals surface area contributed by atoms with E-state index in [-0.39, 0.29) is 24.3 Å². The number of nitrogens with zero attached hydrogens (tertiary/aromatic N) is 3. The lowest BCUT2D eigenvalue weighted by molar-refractivity contribution is -0.124. The lowest BCUT2D eigenvalue weighted by Crippen LogP contribution is -2.37. The molecule has 0 bridgehead atoms. The molecule has 0 radical (unpaired) electrons. The number of aromatic nitrogens is 2.